The van der Waals surface area contributed by atoms with Crippen LogP contribution in [0.1, 0.15) is 0 Å². The van der Waals surface area contributed by atoms with E-state index in [-0.39, 0.29) is 0 Å². The summed E-state index contributed by atoms with van der Waals surface area (Å²) in [5.41, 5.74) is 0. The van der Waals surface area contributed by atoms with Gasteiger partial charge in [0.1, 0.15) is 9.98 Å². The molecule has 0 amide bonds. The van der Waals surface area contributed by atoms with Gasteiger partial charge in [-0.25, -0.2) is 9.97 Å². The average Bonchev–Trinajstić information content (AvgIpc) is 2.85. The predicted octanol–water partition coefficient (Wildman–Crippen LogP) is 4.84. The van der Waals surface area contributed by atoms with Crippen molar-refractivity contribution in [1.29, 1.82) is 0 Å². The van der Waals surface area contributed by atoms with Crippen molar-refractivity contribution in [1.82, 2.24) is 9.97 Å². The number of fused-ring (bicyclic) bond motifs is 1. The van der Waals surface area contributed by atoms with Gasteiger partial charge in [0, 0.05) is 15.2 Å². The van der Waals surface area contributed by atoms with Crippen LogP contribution in [0, 0.1) is 0 Å². The van der Waals surface area contributed by atoms with Gasteiger partial charge in [-0.15, -0.1) is 22.7 Å². The van der Waals surface area contributed by atoms with Crippen LogP contribution in [0.2, 0.25) is 5.15 Å². The lowest BCUT2D eigenvalue weighted by Crippen LogP contribution is -1.86. The van der Waals surface area contributed by atoms with Crippen LogP contribution in [0.5, 0.6) is 0 Å². The van der Waals surface area contributed by atoms with E-state index in [1.54, 1.807) is 22.7 Å². The Bertz CT molecular complexity index is 662. The summed E-state index contributed by atoms with van der Waals surface area (Å²) in [4.78, 5) is 10.7. The molecule has 16 heavy (non-hydrogen) atoms. The molecular weight excluding hydrogens is 328 g/mol. The molecule has 0 saturated heterocycles. The normalized spacial score (nSPS) is 11.1. The molecule has 80 valence electrons. The maximum atomic E-state index is 6.11. The zero-order valence-electron chi connectivity index (χ0n) is 7.78. The first-order valence-corrected chi connectivity index (χ1v) is 7.32. The Hall–Kier alpha value is -0.490. The van der Waals surface area contributed by atoms with Crippen LogP contribution in [-0.4, -0.2) is 9.97 Å². The smallest absolute Gasteiger partial charge is 0.172 e. The fourth-order valence-electron chi connectivity index (χ4n) is 1.36. The second-order valence-corrected chi connectivity index (χ2v) is 6.19. The van der Waals surface area contributed by atoms with Crippen LogP contribution < -0.4 is 0 Å². The maximum absolute atomic E-state index is 6.11. The molecule has 0 saturated carbocycles. The lowest BCUT2D eigenvalue weighted by molar-refractivity contribution is 1.25. The number of aromatic nitrogens is 2. The molecule has 0 bridgehead atoms. The fourth-order valence-corrected chi connectivity index (χ4v) is 3.77. The molecular formula is C10H4BrClN2S2. The molecule has 0 aliphatic carbocycles. The number of thiophene rings is 2. The quantitative estimate of drug-likeness (QED) is 0.597. The van der Waals surface area contributed by atoms with E-state index in [4.69, 9.17) is 11.6 Å². The number of nitrogens with zero attached hydrogens (tertiary/aromatic N) is 2. The van der Waals surface area contributed by atoms with E-state index in [9.17, 15) is 0 Å². The molecule has 0 aliphatic heterocycles. The minimum Gasteiger partial charge on any atom is -0.216 e. The van der Waals surface area contributed by atoms with Crippen LogP contribution in [0.4, 0.5) is 0 Å². The van der Waals surface area contributed by atoms with Gasteiger partial charge in [0.05, 0.1) is 4.88 Å². The average molecular weight is 332 g/mol. The topological polar surface area (TPSA) is 25.8 Å². The summed E-state index contributed by atoms with van der Waals surface area (Å²) in [5.74, 6) is 0.690. The van der Waals surface area contributed by atoms with Gasteiger partial charge in [0.15, 0.2) is 5.82 Å². The predicted molar refractivity (Wildman–Crippen MR) is 73.4 cm³/mol. The highest BCUT2D eigenvalue weighted by molar-refractivity contribution is 9.10. The van der Waals surface area contributed by atoms with E-state index in [0.717, 1.165) is 19.6 Å². The summed E-state index contributed by atoms with van der Waals surface area (Å²) < 4.78 is 1.04. The molecule has 0 aromatic carbocycles. The van der Waals surface area contributed by atoms with Gasteiger partial charge >= 0.3 is 0 Å². The zero-order valence-corrected chi connectivity index (χ0v) is 11.8. The van der Waals surface area contributed by atoms with E-state index in [2.05, 4.69) is 25.9 Å². The van der Waals surface area contributed by atoms with Crippen molar-refractivity contribution in [3.8, 4) is 10.7 Å². The van der Waals surface area contributed by atoms with Crippen LogP contribution >= 0.6 is 50.2 Å². The van der Waals surface area contributed by atoms with Crippen molar-refractivity contribution in [2.45, 2.75) is 0 Å². The summed E-state index contributed by atoms with van der Waals surface area (Å²) in [6.07, 6.45) is 0. The highest BCUT2D eigenvalue weighted by atomic mass is 79.9. The Morgan fingerprint density at radius 1 is 1.25 bits per heavy atom. The number of halogens is 2. The summed E-state index contributed by atoms with van der Waals surface area (Å²) in [7, 11) is 0. The molecule has 3 rings (SSSR count). The summed E-state index contributed by atoms with van der Waals surface area (Å²) in [6.45, 7) is 0. The van der Waals surface area contributed by atoms with Crippen LogP contribution in [0.25, 0.3) is 20.9 Å². The van der Waals surface area contributed by atoms with Crippen molar-refractivity contribution in [3.63, 3.8) is 0 Å². The van der Waals surface area contributed by atoms with Crippen LogP contribution in [0.15, 0.2) is 27.4 Å². The second-order valence-electron chi connectivity index (χ2n) is 3.11. The van der Waals surface area contributed by atoms with E-state index >= 15 is 0 Å². The standard InChI is InChI=1S/C10H4BrClN2S2/c11-5-3-7(16-4-5)9-13-8(12)6-1-2-15-10(6)14-9/h1-4H. The Balaban J connectivity index is 2.24. The molecule has 6 heteroatoms. The van der Waals surface area contributed by atoms with Crippen molar-refractivity contribution < 1.29 is 0 Å². The van der Waals surface area contributed by atoms with Crippen molar-refractivity contribution >= 4 is 60.4 Å². The largest absolute Gasteiger partial charge is 0.216 e. The Labute approximate surface area is 113 Å². The summed E-state index contributed by atoms with van der Waals surface area (Å²) in [6, 6.07) is 3.94. The third kappa shape index (κ3) is 1.78. The highest BCUT2D eigenvalue weighted by Gasteiger charge is 2.10. The highest BCUT2D eigenvalue weighted by Crippen LogP contribution is 2.32. The molecule has 3 aromatic heterocycles. The minimum absolute atomic E-state index is 0.519. The van der Waals surface area contributed by atoms with Gasteiger partial charge in [0.2, 0.25) is 0 Å². The molecule has 0 unspecified atom stereocenters. The third-order valence-electron chi connectivity index (χ3n) is 2.07. The lowest BCUT2D eigenvalue weighted by Gasteiger charge is -1.98. The Morgan fingerprint density at radius 3 is 2.88 bits per heavy atom. The first-order valence-electron chi connectivity index (χ1n) is 4.39. The lowest BCUT2D eigenvalue weighted by atomic mass is 10.4. The van der Waals surface area contributed by atoms with Gasteiger partial charge in [-0.05, 0) is 33.4 Å². The molecule has 3 heterocycles. The van der Waals surface area contributed by atoms with Crippen molar-refractivity contribution in [2.75, 3.05) is 0 Å². The maximum Gasteiger partial charge on any atom is 0.172 e. The molecule has 0 aliphatic rings. The first-order chi connectivity index (χ1) is 7.74. The molecule has 0 spiro atoms. The van der Waals surface area contributed by atoms with E-state index in [1.807, 2.05) is 22.9 Å². The Morgan fingerprint density at radius 2 is 2.12 bits per heavy atom. The van der Waals surface area contributed by atoms with Crippen molar-refractivity contribution in [2.24, 2.45) is 0 Å². The van der Waals surface area contributed by atoms with Gasteiger partial charge in [0.25, 0.3) is 0 Å². The number of hydrogen-bond acceptors (Lipinski definition) is 4. The van der Waals surface area contributed by atoms with Crippen molar-refractivity contribution in [3.05, 3.63) is 32.5 Å². The zero-order chi connectivity index (χ0) is 11.1. The van der Waals surface area contributed by atoms with Gasteiger partial charge in [-0.3, -0.25) is 0 Å². The minimum atomic E-state index is 0.519. The monoisotopic (exact) mass is 330 g/mol. The summed E-state index contributed by atoms with van der Waals surface area (Å²) in [5, 5.41) is 5.42. The Kier molecular flexibility index (Phi) is 2.71. The molecule has 2 nitrogen and oxygen atoms in total. The molecule has 0 radical (unpaired) electrons. The SMILES string of the molecule is Clc1nc(-c2cc(Br)cs2)nc2sccc12. The first kappa shape index (κ1) is 10.7. The molecule has 0 fully saturated rings. The second kappa shape index (κ2) is 4.07. The van der Waals surface area contributed by atoms with Crippen LogP contribution in [0.3, 0.4) is 0 Å². The van der Waals surface area contributed by atoms with Gasteiger partial charge < -0.3 is 0 Å². The molecule has 0 N–H and O–H groups in total. The number of rotatable bonds is 1. The van der Waals surface area contributed by atoms with Gasteiger partial charge in [-0.2, -0.15) is 0 Å². The third-order valence-corrected chi connectivity index (χ3v) is 4.85. The van der Waals surface area contributed by atoms with E-state index in [1.165, 1.54) is 0 Å². The van der Waals surface area contributed by atoms with Gasteiger partial charge in [-0.1, -0.05) is 11.6 Å². The fraction of sp³-hybridized carbons (Fsp3) is 0. The summed E-state index contributed by atoms with van der Waals surface area (Å²) >= 11 is 12.7. The molecule has 0 atom stereocenters. The van der Waals surface area contributed by atoms with Crippen LogP contribution in [-0.2, 0) is 0 Å². The number of hydrogen-bond donors (Lipinski definition) is 0. The molecule has 3 aromatic rings. The van der Waals surface area contributed by atoms with E-state index in [0.29, 0.717) is 11.0 Å². The van der Waals surface area contributed by atoms with E-state index < -0.39 is 0 Å².